The van der Waals surface area contributed by atoms with E-state index < -0.39 is 29.7 Å². The summed E-state index contributed by atoms with van der Waals surface area (Å²) in [5, 5.41) is 29.8. The predicted octanol–water partition coefficient (Wildman–Crippen LogP) is 2.96. The highest BCUT2D eigenvalue weighted by atomic mass is 35.5. The molecule has 0 saturated carbocycles. The van der Waals surface area contributed by atoms with Crippen LogP contribution in [0, 0.1) is 6.92 Å². The molecule has 1 heterocycles. The third-order valence-electron chi connectivity index (χ3n) is 4.99. The molecule has 0 saturated heterocycles. The number of carboxylic acid groups (broad SMARTS) is 1. The Hall–Kier alpha value is -3.89. The van der Waals surface area contributed by atoms with Crippen LogP contribution in [0.2, 0.25) is 5.02 Å². The number of benzene rings is 2. The SMILES string of the molecule is Cc1cc(C(=O)NCc2cccc(O)c2)cc(Cl)c1C(=O)N[C@@H](CNC(=O)c1ccsc1)C(=O)O. The van der Waals surface area contributed by atoms with E-state index >= 15 is 0 Å². The highest BCUT2D eigenvalue weighted by molar-refractivity contribution is 7.08. The fraction of sp³-hybridized carbons (Fsp3) is 0.167. The van der Waals surface area contributed by atoms with Crippen LogP contribution in [0.4, 0.5) is 0 Å². The van der Waals surface area contributed by atoms with Gasteiger partial charge < -0.3 is 26.2 Å². The Balaban J connectivity index is 1.66. The number of amides is 3. The van der Waals surface area contributed by atoms with Crippen LogP contribution in [-0.4, -0.2) is 46.5 Å². The summed E-state index contributed by atoms with van der Waals surface area (Å²) in [4.78, 5) is 49.1. The number of carboxylic acids is 1. The number of halogens is 1. The van der Waals surface area contributed by atoms with Crippen molar-refractivity contribution in [2.45, 2.75) is 19.5 Å². The number of carbonyl (C=O) groups is 4. The van der Waals surface area contributed by atoms with E-state index in [4.69, 9.17) is 11.6 Å². The van der Waals surface area contributed by atoms with Crippen LogP contribution in [-0.2, 0) is 11.3 Å². The van der Waals surface area contributed by atoms with Crippen LogP contribution in [0.1, 0.15) is 42.2 Å². The number of aromatic hydroxyl groups is 1. The monoisotopic (exact) mass is 515 g/mol. The molecule has 0 fully saturated rings. The highest BCUT2D eigenvalue weighted by Gasteiger charge is 2.25. The molecule has 3 rings (SSSR count). The first kappa shape index (κ1) is 25.7. The van der Waals surface area contributed by atoms with Crippen LogP contribution in [0.25, 0.3) is 0 Å². The number of rotatable bonds is 9. The average molecular weight is 516 g/mol. The van der Waals surface area contributed by atoms with Gasteiger partial charge >= 0.3 is 5.97 Å². The van der Waals surface area contributed by atoms with Gasteiger partial charge in [-0.15, -0.1) is 0 Å². The maximum atomic E-state index is 12.8. The van der Waals surface area contributed by atoms with E-state index in [1.54, 1.807) is 35.9 Å². The number of aryl methyl sites for hydroxylation is 1. The van der Waals surface area contributed by atoms with E-state index in [1.165, 1.54) is 35.6 Å². The summed E-state index contributed by atoms with van der Waals surface area (Å²) in [7, 11) is 0. The number of hydrogen-bond acceptors (Lipinski definition) is 6. The average Bonchev–Trinajstić information content (AvgIpc) is 3.34. The second-order valence-corrected chi connectivity index (χ2v) is 8.78. The van der Waals surface area contributed by atoms with Crippen molar-refractivity contribution in [2.24, 2.45) is 0 Å². The molecule has 0 bridgehead atoms. The fourth-order valence-electron chi connectivity index (χ4n) is 3.23. The molecule has 2 aromatic carbocycles. The van der Waals surface area contributed by atoms with Gasteiger partial charge in [0.1, 0.15) is 11.8 Å². The lowest BCUT2D eigenvalue weighted by molar-refractivity contribution is -0.139. The topological polar surface area (TPSA) is 145 Å². The van der Waals surface area contributed by atoms with Crippen molar-refractivity contribution in [2.75, 3.05) is 6.54 Å². The lowest BCUT2D eigenvalue weighted by atomic mass is 10.0. The Morgan fingerprint density at radius 2 is 1.74 bits per heavy atom. The summed E-state index contributed by atoms with van der Waals surface area (Å²) < 4.78 is 0. The molecule has 9 nitrogen and oxygen atoms in total. The molecule has 5 N–H and O–H groups in total. The number of thiophene rings is 1. The highest BCUT2D eigenvalue weighted by Crippen LogP contribution is 2.23. The smallest absolute Gasteiger partial charge is 0.328 e. The second kappa shape index (κ2) is 11.5. The van der Waals surface area contributed by atoms with Crippen LogP contribution in [0.15, 0.2) is 53.2 Å². The molecular weight excluding hydrogens is 494 g/mol. The molecule has 0 aliphatic heterocycles. The standard InChI is InChI=1S/C24H22ClN3O6S/c1-13-7-16(22(31)26-10-14-3-2-4-17(29)8-14)9-18(25)20(13)23(32)28-19(24(33)34)11-27-21(30)15-5-6-35-12-15/h2-9,12,19,29H,10-11H2,1H3,(H,26,31)(H,27,30)(H,28,32)(H,33,34)/t19-/m0/s1. The summed E-state index contributed by atoms with van der Waals surface area (Å²) >= 11 is 7.60. The van der Waals surface area contributed by atoms with Gasteiger partial charge in [-0.3, -0.25) is 14.4 Å². The summed E-state index contributed by atoms with van der Waals surface area (Å²) in [5.41, 5.74) is 1.68. The molecule has 0 radical (unpaired) electrons. The van der Waals surface area contributed by atoms with Gasteiger partial charge in [-0.1, -0.05) is 23.7 Å². The van der Waals surface area contributed by atoms with Crippen molar-refractivity contribution in [3.63, 3.8) is 0 Å². The summed E-state index contributed by atoms with van der Waals surface area (Å²) in [5.74, 6) is -2.90. The number of phenols is 1. The molecule has 182 valence electrons. The number of carbonyl (C=O) groups excluding carboxylic acids is 3. The molecular formula is C24H22ClN3O6S. The summed E-state index contributed by atoms with van der Waals surface area (Å²) in [6, 6.07) is 9.42. The summed E-state index contributed by atoms with van der Waals surface area (Å²) in [6.07, 6.45) is 0. The van der Waals surface area contributed by atoms with E-state index in [9.17, 15) is 29.4 Å². The van der Waals surface area contributed by atoms with Crippen molar-refractivity contribution < 1.29 is 29.4 Å². The van der Waals surface area contributed by atoms with E-state index in [0.717, 1.165) is 0 Å². The third-order valence-corrected chi connectivity index (χ3v) is 5.98. The predicted molar refractivity (Wildman–Crippen MR) is 131 cm³/mol. The van der Waals surface area contributed by atoms with Crippen molar-refractivity contribution in [3.05, 3.63) is 86.1 Å². The van der Waals surface area contributed by atoms with Gasteiger partial charge in [0.2, 0.25) is 0 Å². The van der Waals surface area contributed by atoms with Gasteiger partial charge in [0, 0.05) is 29.6 Å². The van der Waals surface area contributed by atoms with Gasteiger partial charge in [-0.25, -0.2) is 4.79 Å². The van der Waals surface area contributed by atoms with Gasteiger partial charge in [-0.05, 0) is 53.8 Å². The van der Waals surface area contributed by atoms with Gasteiger partial charge in [-0.2, -0.15) is 11.3 Å². The Bertz CT molecular complexity index is 1240. The van der Waals surface area contributed by atoms with E-state index in [2.05, 4.69) is 16.0 Å². The fourth-order valence-corrected chi connectivity index (χ4v) is 4.22. The van der Waals surface area contributed by atoms with Crippen molar-refractivity contribution in [3.8, 4) is 5.75 Å². The Morgan fingerprint density at radius 3 is 2.37 bits per heavy atom. The zero-order valence-corrected chi connectivity index (χ0v) is 20.1. The van der Waals surface area contributed by atoms with Gasteiger partial charge in [0.05, 0.1) is 10.6 Å². The van der Waals surface area contributed by atoms with Crippen molar-refractivity contribution >= 4 is 46.6 Å². The molecule has 3 aromatic rings. The van der Waals surface area contributed by atoms with Crippen LogP contribution >= 0.6 is 22.9 Å². The zero-order chi connectivity index (χ0) is 25.5. The van der Waals surface area contributed by atoms with E-state index in [0.29, 0.717) is 16.7 Å². The molecule has 35 heavy (non-hydrogen) atoms. The van der Waals surface area contributed by atoms with Crippen molar-refractivity contribution in [1.29, 1.82) is 0 Å². The maximum absolute atomic E-state index is 12.8. The zero-order valence-electron chi connectivity index (χ0n) is 18.5. The Labute approximate surface area is 209 Å². The van der Waals surface area contributed by atoms with Crippen LogP contribution in [0.3, 0.4) is 0 Å². The number of hydrogen-bond donors (Lipinski definition) is 5. The van der Waals surface area contributed by atoms with E-state index in [-0.39, 0.29) is 35.0 Å². The maximum Gasteiger partial charge on any atom is 0.328 e. The number of aliphatic carboxylic acids is 1. The quantitative estimate of drug-likeness (QED) is 0.296. The minimum Gasteiger partial charge on any atom is -0.508 e. The first-order valence-corrected chi connectivity index (χ1v) is 11.7. The molecule has 0 aliphatic rings. The largest absolute Gasteiger partial charge is 0.508 e. The molecule has 0 spiro atoms. The number of nitrogens with one attached hydrogen (secondary N) is 3. The lowest BCUT2D eigenvalue weighted by Gasteiger charge is -2.17. The van der Waals surface area contributed by atoms with Crippen LogP contribution < -0.4 is 16.0 Å². The van der Waals surface area contributed by atoms with Crippen LogP contribution in [0.5, 0.6) is 5.75 Å². The minimum atomic E-state index is -1.40. The minimum absolute atomic E-state index is 0.0200. The number of phenolic OH excluding ortho intramolecular Hbond substituents is 1. The Kier molecular flexibility index (Phi) is 8.45. The summed E-state index contributed by atoms with van der Waals surface area (Å²) in [6.45, 7) is 1.41. The second-order valence-electron chi connectivity index (χ2n) is 7.59. The first-order valence-electron chi connectivity index (χ1n) is 10.4. The molecule has 0 aliphatic carbocycles. The molecule has 0 unspecified atom stereocenters. The normalized spacial score (nSPS) is 11.4. The molecule has 1 atom stereocenters. The third kappa shape index (κ3) is 6.81. The Morgan fingerprint density at radius 1 is 1.00 bits per heavy atom. The van der Waals surface area contributed by atoms with E-state index in [1.807, 2.05) is 0 Å². The lowest BCUT2D eigenvalue weighted by Crippen LogP contribution is -2.48. The molecule has 3 amide bonds. The first-order chi connectivity index (χ1) is 16.7. The molecule has 11 heteroatoms. The van der Waals surface area contributed by atoms with Gasteiger partial charge in [0.25, 0.3) is 17.7 Å². The van der Waals surface area contributed by atoms with Gasteiger partial charge in [0.15, 0.2) is 0 Å². The molecule has 1 aromatic heterocycles. The van der Waals surface area contributed by atoms with Crippen molar-refractivity contribution in [1.82, 2.24) is 16.0 Å².